The molecule has 0 radical (unpaired) electrons. The summed E-state index contributed by atoms with van der Waals surface area (Å²) in [7, 11) is 0. The summed E-state index contributed by atoms with van der Waals surface area (Å²) >= 11 is 0. The Kier molecular flexibility index (Phi) is 5.08. The minimum Gasteiger partial charge on any atom is -1.00 e. The second-order valence-electron chi connectivity index (χ2n) is 2.23. The molecule has 4 N–H and O–H groups in total. The third-order valence-electron chi connectivity index (χ3n) is 1.52. The average molecular weight is 174 g/mol. The van der Waals surface area contributed by atoms with E-state index in [0.717, 1.165) is 0 Å². The SMILES string of the molecule is OC[C@H]1O[C@H](O)[C@H](O)[C@@H]1O.[H-].[Na+]. The van der Waals surface area contributed by atoms with E-state index in [9.17, 15) is 0 Å². The van der Waals surface area contributed by atoms with Gasteiger partial charge in [0.05, 0.1) is 6.61 Å². The van der Waals surface area contributed by atoms with Crippen molar-refractivity contribution in [2.75, 3.05) is 6.61 Å². The molecule has 0 spiro atoms. The second-order valence-corrected chi connectivity index (χ2v) is 2.23. The molecule has 0 aromatic carbocycles. The summed E-state index contributed by atoms with van der Waals surface area (Å²) in [6.45, 7) is -0.407. The molecule has 11 heavy (non-hydrogen) atoms. The van der Waals surface area contributed by atoms with Crippen LogP contribution in [-0.4, -0.2) is 51.6 Å². The monoisotopic (exact) mass is 174 g/mol. The Morgan fingerprint density at radius 3 is 1.91 bits per heavy atom. The second kappa shape index (κ2) is 4.74. The molecule has 0 amide bonds. The Bertz CT molecular complexity index is 126. The third-order valence-corrected chi connectivity index (χ3v) is 1.52. The van der Waals surface area contributed by atoms with E-state index in [1.54, 1.807) is 0 Å². The summed E-state index contributed by atoms with van der Waals surface area (Å²) < 4.78 is 4.54. The van der Waals surface area contributed by atoms with E-state index in [0.29, 0.717) is 0 Å². The summed E-state index contributed by atoms with van der Waals surface area (Å²) in [5, 5.41) is 35.0. The summed E-state index contributed by atoms with van der Waals surface area (Å²) in [6, 6.07) is 0. The fourth-order valence-corrected chi connectivity index (χ4v) is 0.880. The van der Waals surface area contributed by atoms with Crippen molar-refractivity contribution >= 4 is 0 Å². The molecule has 5 nitrogen and oxygen atoms in total. The normalized spacial score (nSPS) is 43.6. The van der Waals surface area contributed by atoms with Gasteiger partial charge in [0, 0.05) is 0 Å². The van der Waals surface area contributed by atoms with Crippen molar-refractivity contribution in [3.05, 3.63) is 0 Å². The van der Waals surface area contributed by atoms with Crippen molar-refractivity contribution in [3.8, 4) is 0 Å². The number of aliphatic hydroxyl groups excluding tert-OH is 4. The number of hydrogen-bond acceptors (Lipinski definition) is 5. The van der Waals surface area contributed by atoms with Crippen molar-refractivity contribution < 1.29 is 56.1 Å². The predicted molar refractivity (Wildman–Crippen MR) is 31.1 cm³/mol. The van der Waals surface area contributed by atoms with E-state index >= 15 is 0 Å². The van der Waals surface area contributed by atoms with Crippen molar-refractivity contribution in [2.24, 2.45) is 0 Å². The van der Waals surface area contributed by atoms with Crippen LogP contribution in [0.3, 0.4) is 0 Å². The molecule has 1 fully saturated rings. The smallest absolute Gasteiger partial charge is 1.00 e. The van der Waals surface area contributed by atoms with E-state index in [-0.39, 0.29) is 31.0 Å². The van der Waals surface area contributed by atoms with E-state index in [1.807, 2.05) is 0 Å². The van der Waals surface area contributed by atoms with E-state index < -0.39 is 31.2 Å². The third kappa shape index (κ3) is 2.37. The quantitative estimate of drug-likeness (QED) is 0.298. The van der Waals surface area contributed by atoms with Gasteiger partial charge in [0.15, 0.2) is 6.29 Å². The average Bonchev–Trinajstić information content (AvgIpc) is 2.17. The Balaban J connectivity index is 0. The maximum atomic E-state index is 8.93. The first-order valence-electron chi connectivity index (χ1n) is 2.97. The van der Waals surface area contributed by atoms with Gasteiger partial charge in [-0.1, -0.05) is 0 Å². The van der Waals surface area contributed by atoms with Crippen molar-refractivity contribution in [2.45, 2.75) is 24.6 Å². The van der Waals surface area contributed by atoms with Crippen LogP contribution in [0.5, 0.6) is 0 Å². The van der Waals surface area contributed by atoms with Gasteiger partial charge in [0.1, 0.15) is 18.3 Å². The molecule has 0 unspecified atom stereocenters. The minimum atomic E-state index is -1.38. The van der Waals surface area contributed by atoms with Gasteiger partial charge < -0.3 is 26.6 Å². The van der Waals surface area contributed by atoms with Crippen LogP contribution in [0.4, 0.5) is 0 Å². The molecule has 0 aliphatic carbocycles. The van der Waals surface area contributed by atoms with E-state index in [4.69, 9.17) is 20.4 Å². The molecular weight excluding hydrogens is 163 g/mol. The van der Waals surface area contributed by atoms with Gasteiger partial charge in [0.2, 0.25) is 0 Å². The first-order chi connectivity index (χ1) is 4.66. The van der Waals surface area contributed by atoms with Crippen molar-refractivity contribution in [3.63, 3.8) is 0 Å². The molecule has 62 valence electrons. The maximum Gasteiger partial charge on any atom is 1.00 e. The number of hydrogen-bond donors (Lipinski definition) is 4. The van der Waals surface area contributed by atoms with Crippen LogP contribution >= 0.6 is 0 Å². The Morgan fingerprint density at radius 1 is 1.18 bits per heavy atom. The van der Waals surface area contributed by atoms with Crippen LogP contribution in [0.15, 0.2) is 0 Å². The molecule has 1 saturated heterocycles. The summed E-state index contributed by atoms with van der Waals surface area (Å²) in [6.07, 6.45) is -4.76. The summed E-state index contributed by atoms with van der Waals surface area (Å²) in [5.41, 5.74) is 0. The number of ether oxygens (including phenoxy) is 1. The zero-order chi connectivity index (χ0) is 7.72. The molecule has 1 aliphatic heterocycles. The predicted octanol–water partition coefficient (Wildman–Crippen LogP) is -5.47. The van der Waals surface area contributed by atoms with Crippen LogP contribution < -0.4 is 29.6 Å². The molecule has 0 saturated carbocycles. The topological polar surface area (TPSA) is 90.2 Å². The first-order valence-corrected chi connectivity index (χ1v) is 2.97. The molecule has 1 heterocycles. The number of aliphatic hydroxyl groups is 4. The molecule has 0 aromatic rings. The number of rotatable bonds is 1. The molecule has 1 rings (SSSR count). The van der Waals surface area contributed by atoms with Crippen LogP contribution in [0, 0.1) is 0 Å². The maximum absolute atomic E-state index is 8.93. The Morgan fingerprint density at radius 2 is 1.73 bits per heavy atom. The zero-order valence-corrected chi connectivity index (χ0v) is 8.21. The van der Waals surface area contributed by atoms with Gasteiger partial charge in [-0.15, -0.1) is 0 Å². The Labute approximate surface area is 87.4 Å². The molecular formula is C5H11NaO5. The summed E-state index contributed by atoms with van der Waals surface area (Å²) in [5.74, 6) is 0. The van der Waals surface area contributed by atoms with Gasteiger partial charge in [-0.2, -0.15) is 0 Å². The van der Waals surface area contributed by atoms with Crippen molar-refractivity contribution in [1.82, 2.24) is 0 Å². The fourth-order valence-electron chi connectivity index (χ4n) is 0.880. The van der Waals surface area contributed by atoms with Gasteiger partial charge in [0.25, 0.3) is 0 Å². The summed E-state index contributed by atoms with van der Waals surface area (Å²) in [4.78, 5) is 0. The molecule has 0 aromatic heterocycles. The Hall–Kier alpha value is 0.800. The van der Waals surface area contributed by atoms with Gasteiger partial charge in [-0.3, -0.25) is 0 Å². The van der Waals surface area contributed by atoms with Crippen LogP contribution in [0.1, 0.15) is 1.43 Å². The zero-order valence-electron chi connectivity index (χ0n) is 7.21. The largest absolute Gasteiger partial charge is 1.00 e. The van der Waals surface area contributed by atoms with Crippen LogP contribution in [0.25, 0.3) is 0 Å². The minimum absolute atomic E-state index is 0. The van der Waals surface area contributed by atoms with Crippen LogP contribution in [-0.2, 0) is 4.74 Å². The molecule has 6 heteroatoms. The van der Waals surface area contributed by atoms with Gasteiger partial charge in [-0.05, 0) is 0 Å². The van der Waals surface area contributed by atoms with Gasteiger partial charge in [-0.25, -0.2) is 0 Å². The molecule has 4 atom stereocenters. The van der Waals surface area contributed by atoms with E-state index in [2.05, 4.69) is 4.74 Å². The van der Waals surface area contributed by atoms with E-state index in [1.165, 1.54) is 0 Å². The van der Waals surface area contributed by atoms with Crippen molar-refractivity contribution in [1.29, 1.82) is 0 Å². The molecule has 1 aliphatic rings. The van der Waals surface area contributed by atoms with Crippen LogP contribution in [0.2, 0.25) is 0 Å². The first kappa shape index (κ1) is 11.8. The molecule has 0 bridgehead atoms. The fraction of sp³-hybridized carbons (Fsp3) is 1.00. The standard InChI is InChI=1S/C5H10O5.Na.H/c6-1-2-3(7)4(8)5(9)10-2;;/h2-9H,1H2;;/q;+1;-1/t2-,3-,4-,5+;;/m1../s1. The van der Waals surface area contributed by atoms with Gasteiger partial charge >= 0.3 is 29.6 Å².